The van der Waals surface area contributed by atoms with Gasteiger partial charge in [-0.05, 0) is 40.0 Å². The number of ether oxygens (including phenoxy) is 1. The number of esters is 1. The quantitative estimate of drug-likeness (QED) is 0.674. The van der Waals surface area contributed by atoms with E-state index in [1.165, 1.54) is 25.7 Å². The molecule has 1 atom stereocenters. The zero-order valence-electron chi connectivity index (χ0n) is 9.93. The highest BCUT2D eigenvalue weighted by atomic mass is 16.6. The van der Waals surface area contributed by atoms with E-state index < -0.39 is 0 Å². The van der Waals surface area contributed by atoms with Crippen LogP contribution in [-0.2, 0) is 9.53 Å². The Bertz CT molecular complexity index is 253. The Morgan fingerprint density at radius 3 is 2.33 bits per heavy atom. The number of hydrogen-bond donors (Lipinski definition) is 1. The first-order valence-electron chi connectivity index (χ1n) is 5.91. The minimum Gasteiger partial charge on any atom is -0.459 e. The Hall–Kier alpha value is -0.570. The van der Waals surface area contributed by atoms with Crippen LogP contribution in [0.25, 0.3) is 0 Å². The molecule has 2 aliphatic rings. The number of carbonyl (C=O) groups excluding carboxylic acids is 1. The van der Waals surface area contributed by atoms with Gasteiger partial charge in [-0.1, -0.05) is 12.8 Å². The van der Waals surface area contributed by atoms with Crippen LogP contribution in [0, 0.1) is 0 Å². The third-order valence-electron chi connectivity index (χ3n) is 3.33. The monoisotopic (exact) mass is 211 g/mol. The van der Waals surface area contributed by atoms with Crippen LogP contribution in [-0.4, -0.2) is 23.2 Å². The summed E-state index contributed by atoms with van der Waals surface area (Å²) < 4.78 is 5.34. The Morgan fingerprint density at radius 1 is 1.33 bits per heavy atom. The second-order valence-corrected chi connectivity index (χ2v) is 5.92. The summed E-state index contributed by atoms with van der Waals surface area (Å²) >= 11 is 0. The molecule has 2 fully saturated rings. The van der Waals surface area contributed by atoms with Crippen LogP contribution in [0.1, 0.15) is 52.9 Å². The fourth-order valence-corrected chi connectivity index (χ4v) is 2.65. The molecule has 15 heavy (non-hydrogen) atoms. The zero-order valence-corrected chi connectivity index (χ0v) is 9.93. The predicted molar refractivity (Wildman–Crippen MR) is 58.6 cm³/mol. The molecule has 2 rings (SSSR count). The molecule has 1 N–H and O–H groups in total. The molecule has 0 aromatic rings. The van der Waals surface area contributed by atoms with Crippen LogP contribution < -0.4 is 5.32 Å². The van der Waals surface area contributed by atoms with Crippen LogP contribution in [0.3, 0.4) is 0 Å². The highest BCUT2D eigenvalue weighted by Gasteiger charge is 2.49. The molecule has 0 aromatic heterocycles. The molecule has 0 radical (unpaired) electrons. The molecule has 1 aliphatic heterocycles. The first kappa shape index (κ1) is 10.9. The van der Waals surface area contributed by atoms with E-state index >= 15 is 0 Å². The lowest BCUT2D eigenvalue weighted by atomic mass is 9.80. The van der Waals surface area contributed by atoms with E-state index in [2.05, 4.69) is 5.32 Å². The average molecular weight is 211 g/mol. The Labute approximate surface area is 91.6 Å². The maximum Gasteiger partial charge on any atom is 0.323 e. The van der Waals surface area contributed by atoms with Crippen molar-refractivity contribution < 1.29 is 9.53 Å². The van der Waals surface area contributed by atoms with Crippen LogP contribution in [0.15, 0.2) is 0 Å². The van der Waals surface area contributed by atoms with Gasteiger partial charge in [0.15, 0.2) is 0 Å². The summed E-state index contributed by atoms with van der Waals surface area (Å²) in [4.78, 5) is 11.7. The van der Waals surface area contributed by atoms with Crippen molar-refractivity contribution in [3.8, 4) is 0 Å². The molecule has 1 saturated heterocycles. The standard InChI is InChI=1S/C12H21NO2/c1-11(2,3)15-10(14)9-8-12(13-9)6-4-5-7-12/h9,13H,4-8H2,1-3H3. The van der Waals surface area contributed by atoms with Crippen molar-refractivity contribution in [3.05, 3.63) is 0 Å². The Morgan fingerprint density at radius 2 is 1.87 bits per heavy atom. The van der Waals surface area contributed by atoms with E-state index in [-0.39, 0.29) is 17.6 Å². The summed E-state index contributed by atoms with van der Waals surface area (Å²) in [5, 5.41) is 3.40. The summed E-state index contributed by atoms with van der Waals surface area (Å²) in [6.07, 6.45) is 6.03. The molecule has 86 valence electrons. The van der Waals surface area contributed by atoms with Gasteiger partial charge in [-0.3, -0.25) is 10.1 Å². The first-order valence-corrected chi connectivity index (χ1v) is 5.91. The summed E-state index contributed by atoms with van der Waals surface area (Å²) in [5.74, 6) is -0.0833. The van der Waals surface area contributed by atoms with Gasteiger partial charge >= 0.3 is 5.97 Å². The van der Waals surface area contributed by atoms with Crippen LogP contribution >= 0.6 is 0 Å². The minimum absolute atomic E-state index is 0.0534. The summed E-state index contributed by atoms with van der Waals surface area (Å²) in [5.41, 5.74) is -0.0707. The Kier molecular flexibility index (Phi) is 2.53. The van der Waals surface area contributed by atoms with Crippen LogP contribution in [0.2, 0.25) is 0 Å². The van der Waals surface area contributed by atoms with E-state index in [9.17, 15) is 4.79 Å². The zero-order chi connectivity index (χ0) is 11.1. The van der Waals surface area contributed by atoms with Gasteiger partial charge in [0, 0.05) is 5.54 Å². The molecular formula is C12H21NO2. The summed E-state index contributed by atoms with van der Waals surface area (Å²) in [6.45, 7) is 5.73. The molecule has 1 heterocycles. The van der Waals surface area contributed by atoms with Crippen molar-refractivity contribution in [2.24, 2.45) is 0 Å². The van der Waals surface area contributed by atoms with Gasteiger partial charge in [-0.2, -0.15) is 0 Å². The van der Waals surface area contributed by atoms with Crippen molar-refractivity contribution in [3.63, 3.8) is 0 Å². The van der Waals surface area contributed by atoms with E-state index in [1.54, 1.807) is 0 Å². The maximum atomic E-state index is 11.7. The molecule has 0 bridgehead atoms. The third-order valence-corrected chi connectivity index (χ3v) is 3.33. The SMILES string of the molecule is CC(C)(C)OC(=O)C1CC2(CCCC2)N1. The van der Waals surface area contributed by atoms with Crippen molar-refractivity contribution in [2.45, 2.75) is 70.1 Å². The average Bonchev–Trinajstić information content (AvgIpc) is 2.44. The Balaban J connectivity index is 1.81. The fraction of sp³-hybridized carbons (Fsp3) is 0.917. The number of nitrogens with one attached hydrogen (secondary N) is 1. The molecular weight excluding hydrogens is 190 g/mol. The molecule has 1 saturated carbocycles. The van der Waals surface area contributed by atoms with E-state index in [0.717, 1.165) is 6.42 Å². The van der Waals surface area contributed by atoms with Gasteiger partial charge < -0.3 is 4.74 Å². The minimum atomic E-state index is -0.364. The fourth-order valence-electron chi connectivity index (χ4n) is 2.65. The van der Waals surface area contributed by atoms with Gasteiger partial charge in [0.25, 0.3) is 0 Å². The van der Waals surface area contributed by atoms with E-state index in [4.69, 9.17) is 4.74 Å². The lowest BCUT2D eigenvalue weighted by Gasteiger charge is -2.46. The number of carbonyl (C=O) groups is 1. The van der Waals surface area contributed by atoms with Crippen molar-refractivity contribution in [1.29, 1.82) is 0 Å². The highest BCUT2D eigenvalue weighted by Crippen LogP contribution is 2.40. The molecule has 1 aliphatic carbocycles. The van der Waals surface area contributed by atoms with Crippen LogP contribution in [0.4, 0.5) is 0 Å². The van der Waals surface area contributed by atoms with Crippen molar-refractivity contribution in [1.82, 2.24) is 5.32 Å². The van der Waals surface area contributed by atoms with E-state index in [0.29, 0.717) is 5.54 Å². The highest BCUT2D eigenvalue weighted by molar-refractivity contribution is 5.78. The normalized spacial score (nSPS) is 28.9. The molecule has 1 spiro atoms. The maximum absolute atomic E-state index is 11.7. The third kappa shape index (κ3) is 2.33. The first-order chi connectivity index (χ1) is 6.90. The summed E-state index contributed by atoms with van der Waals surface area (Å²) in [6, 6.07) is -0.0534. The lowest BCUT2D eigenvalue weighted by Crippen LogP contribution is -2.65. The predicted octanol–water partition coefficient (Wildman–Crippen LogP) is 2.00. The van der Waals surface area contributed by atoms with Gasteiger partial charge in [0.2, 0.25) is 0 Å². The molecule has 3 heteroatoms. The lowest BCUT2D eigenvalue weighted by molar-refractivity contribution is -0.162. The molecule has 0 amide bonds. The van der Waals surface area contributed by atoms with Crippen molar-refractivity contribution >= 4 is 5.97 Å². The summed E-state index contributed by atoms with van der Waals surface area (Å²) in [7, 11) is 0. The molecule has 0 aromatic carbocycles. The molecule has 1 unspecified atom stereocenters. The van der Waals surface area contributed by atoms with E-state index in [1.807, 2.05) is 20.8 Å². The molecule has 3 nitrogen and oxygen atoms in total. The number of rotatable bonds is 1. The second kappa shape index (κ2) is 3.48. The largest absolute Gasteiger partial charge is 0.459 e. The van der Waals surface area contributed by atoms with Crippen LogP contribution in [0.5, 0.6) is 0 Å². The van der Waals surface area contributed by atoms with Gasteiger partial charge in [0.1, 0.15) is 11.6 Å². The topological polar surface area (TPSA) is 38.3 Å². The van der Waals surface area contributed by atoms with Gasteiger partial charge in [-0.15, -0.1) is 0 Å². The second-order valence-electron chi connectivity index (χ2n) is 5.92. The number of hydrogen-bond acceptors (Lipinski definition) is 3. The van der Waals surface area contributed by atoms with Crippen molar-refractivity contribution in [2.75, 3.05) is 0 Å². The van der Waals surface area contributed by atoms with Gasteiger partial charge in [-0.25, -0.2) is 0 Å². The van der Waals surface area contributed by atoms with Gasteiger partial charge in [0.05, 0.1) is 0 Å². The smallest absolute Gasteiger partial charge is 0.323 e.